The SMILES string of the molecule is Nc1cccc(OCc2nc(C3CCOC3)no2)c1. The van der Waals surface area contributed by atoms with Crippen LogP contribution in [0.1, 0.15) is 24.1 Å². The summed E-state index contributed by atoms with van der Waals surface area (Å²) < 4.78 is 16.0. The van der Waals surface area contributed by atoms with Crippen molar-refractivity contribution < 1.29 is 14.0 Å². The van der Waals surface area contributed by atoms with Crippen LogP contribution in [0.4, 0.5) is 5.69 Å². The highest BCUT2D eigenvalue weighted by Crippen LogP contribution is 2.23. The van der Waals surface area contributed by atoms with Gasteiger partial charge in [-0.2, -0.15) is 4.98 Å². The number of hydrogen-bond acceptors (Lipinski definition) is 6. The molecule has 1 saturated heterocycles. The van der Waals surface area contributed by atoms with Gasteiger partial charge < -0.3 is 19.7 Å². The zero-order valence-corrected chi connectivity index (χ0v) is 10.4. The van der Waals surface area contributed by atoms with Crippen LogP contribution >= 0.6 is 0 Å². The molecular weight excluding hydrogens is 246 g/mol. The highest BCUT2D eigenvalue weighted by molar-refractivity contribution is 5.43. The summed E-state index contributed by atoms with van der Waals surface area (Å²) in [5, 5.41) is 3.96. The second kappa shape index (κ2) is 5.27. The van der Waals surface area contributed by atoms with Crippen LogP contribution in [0, 0.1) is 0 Å². The largest absolute Gasteiger partial charge is 0.484 e. The molecule has 0 spiro atoms. The smallest absolute Gasteiger partial charge is 0.264 e. The summed E-state index contributed by atoms with van der Waals surface area (Å²) in [6.45, 7) is 1.66. The van der Waals surface area contributed by atoms with Crippen LogP contribution in [0.3, 0.4) is 0 Å². The van der Waals surface area contributed by atoms with E-state index in [2.05, 4.69) is 10.1 Å². The maximum Gasteiger partial charge on any atom is 0.264 e. The molecule has 0 saturated carbocycles. The van der Waals surface area contributed by atoms with Gasteiger partial charge in [0.15, 0.2) is 12.4 Å². The summed E-state index contributed by atoms with van der Waals surface area (Å²) >= 11 is 0. The van der Waals surface area contributed by atoms with Gasteiger partial charge in [-0.3, -0.25) is 0 Å². The molecule has 1 aromatic heterocycles. The van der Waals surface area contributed by atoms with Crippen LogP contribution in [0.2, 0.25) is 0 Å². The average Bonchev–Trinajstić information content (AvgIpc) is 3.07. The van der Waals surface area contributed by atoms with Crippen LogP contribution in [-0.2, 0) is 11.3 Å². The number of nitrogens with zero attached hydrogens (tertiary/aromatic N) is 2. The van der Waals surface area contributed by atoms with Crippen molar-refractivity contribution in [2.24, 2.45) is 0 Å². The molecule has 1 fully saturated rings. The van der Waals surface area contributed by atoms with Gasteiger partial charge in [0, 0.05) is 24.3 Å². The predicted molar refractivity (Wildman–Crippen MR) is 67.7 cm³/mol. The first-order chi connectivity index (χ1) is 9.31. The number of ether oxygens (including phenoxy) is 2. The van der Waals surface area contributed by atoms with Crippen molar-refractivity contribution in [3.05, 3.63) is 36.0 Å². The monoisotopic (exact) mass is 261 g/mol. The van der Waals surface area contributed by atoms with Gasteiger partial charge in [-0.05, 0) is 18.6 Å². The van der Waals surface area contributed by atoms with E-state index in [1.807, 2.05) is 12.1 Å². The van der Waals surface area contributed by atoms with E-state index in [0.717, 1.165) is 13.0 Å². The predicted octanol–water partition coefficient (Wildman–Crippen LogP) is 1.73. The maximum absolute atomic E-state index is 5.67. The second-order valence-electron chi connectivity index (χ2n) is 4.47. The van der Waals surface area contributed by atoms with E-state index in [1.54, 1.807) is 12.1 Å². The molecule has 1 atom stereocenters. The molecule has 19 heavy (non-hydrogen) atoms. The van der Waals surface area contributed by atoms with Crippen molar-refractivity contribution in [2.45, 2.75) is 18.9 Å². The number of benzene rings is 1. The molecule has 2 heterocycles. The van der Waals surface area contributed by atoms with Gasteiger partial charge in [-0.1, -0.05) is 11.2 Å². The lowest BCUT2D eigenvalue weighted by molar-refractivity contribution is 0.192. The molecule has 0 aliphatic carbocycles. The Bertz CT molecular complexity index is 550. The summed E-state index contributed by atoms with van der Waals surface area (Å²) in [5.41, 5.74) is 6.33. The lowest BCUT2D eigenvalue weighted by Gasteiger charge is -2.03. The van der Waals surface area contributed by atoms with Crippen LogP contribution in [0.15, 0.2) is 28.8 Å². The zero-order valence-electron chi connectivity index (χ0n) is 10.4. The van der Waals surface area contributed by atoms with E-state index in [4.69, 9.17) is 19.7 Å². The molecule has 2 N–H and O–H groups in total. The maximum atomic E-state index is 5.67. The fraction of sp³-hybridized carbons (Fsp3) is 0.385. The number of hydrogen-bond donors (Lipinski definition) is 1. The van der Waals surface area contributed by atoms with Crippen LogP contribution in [-0.4, -0.2) is 23.4 Å². The Morgan fingerprint density at radius 1 is 1.42 bits per heavy atom. The first kappa shape index (κ1) is 12.0. The zero-order chi connectivity index (χ0) is 13.1. The van der Waals surface area contributed by atoms with Crippen LogP contribution in [0.5, 0.6) is 5.75 Å². The van der Waals surface area contributed by atoms with E-state index < -0.39 is 0 Å². The first-order valence-corrected chi connectivity index (χ1v) is 6.20. The number of anilines is 1. The lowest BCUT2D eigenvalue weighted by Crippen LogP contribution is -2.01. The van der Waals surface area contributed by atoms with E-state index in [1.165, 1.54) is 0 Å². The number of nitrogen functional groups attached to an aromatic ring is 1. The Hall–Kier alpha value is -2.08. The van der Waals surface area contributed by atoms with Gasteiger partial charge in [0.2, 0.25) is 0 Å². The summed E-state index contributed by atoms with van der Waals surface area (Å²) in [5.74, 6) is 2.09. The molecule has 1 aliphatic rings. The molecule has 0 bridgehead atoms. The van der Waals surface area contributed by atoms with Gasteiger partial charge in [-0.25, -0.2) is 0 Å². The van der Waals surface area contributed by atoms with Crippen LogP contribution < -0.4 is 10.5 Å². The number of nitrogens with two attached hydrogens (primary N) is 1. The summed E-state index contributed by atoms with van der Waals surface area (Å²) in [6, 6.07) is 7.22. The molecule has 6 heteroatoms. The molecule has 1 unspecified atom stereocenters. The molecule has 6 nitrogen and oxygen atoms in total. The third-order valence-corrected chi connectivity index (χ3v) is 3.00. The summed E-state index contributed by atoms with van der Waals surface area (Å²) in [6.07, 6.45) is 0.940. The van der Waals surface area contributed by atoms with E-state index in [9.17, 15) is 0 Å². The molecular formula is C13H15N3O3. The standard InChI is InChI=1S/C13H15N3O3/c14-10-2-1-3-11(6-10)18-8-12-15-13(16-19-12)9-4-5-17-7-9/h1-3,6,9H,4-5,7-8,14H2. The quantitative estimate of drug-likeness (QED) is 0.844. The fourth-order valence-electron chi connectivity index (χ4n) is 1.98. The Balaban J connectivity index is 1.61. The van der Waals surface area contributed by atoms with Gasteiger partial charge >= 0.3 is 0 Å². The second-order valence-corrected chi connectivity index (χ2v) is 4.47. The minimum absolute atomic E-state index is 0.240. The van der Waals surface area contributed by atoms with E-state index in [0.29, 0.717) is 29.8 Å². The Morgan fingerprint density at radius 3 is 3.16 bits per heavy atom. The van der Waals surface area contributed by atoms with Gasteiger partial charge in [0.05, 0.1) is 6.61 Å². The fourth-order valence-corrected chi connectivity index (χ4v) is 1.98. The van der Waals surface area contributed by atoms with E-state index in [-0.39, 0.29) is 12.5 Å². The highest BCUT2D eigenvalue weighted by Gasteiger charge is 2.23. The van der Waals surface area contributed by atoms with E-state index >= 15 is 0 Å². The topological polar surface area (TPSA) is 83.4 Å². The molecule has 100 valence electrons. The Labute approximate surface area is 110 Å². The molecule has 0 amide bonds. The van der Waals surface area contributed by atoms with Crippen LogP contribution in [0.25, 0.3) is 0 Å². The molecule has 1 aliphatic heterocycles. The lowest BCUT2D eigenvalue weighted by atomic mass is 10.1. The summed E-state index contributed by atoms with van der Waals surface area (Å²) in [4.78, 5) is 4.32. The molecule has 1 aromatic carbocycles. The van der Waals surface area contributed by atoms with Gasteiger partial charge in [0.25, 0.3) is 5.89 Å². The normalized spacial score (nSPS) is 18.6. The minimum atomic E-state index is 0.240. The summed E-state index contributed by atoms with van der Waals surface area (Å²) in [7, 11) is 0. The van der Waals surface area contributed by atoms with Gasteiger partial charge in [-0.15, -0.1) is 0 Å². The molecule has 2 aromatic rings. The third-order valence-electron chi connectivity index (χ3n) is 3.00. The molecule has 0 radical (unpaired) electrons. The van der Waals surface area contributed by atoms with Crippen molar-refractivity contribution in [3.8, 4) is 5.75 Å². The van der Waals surface area contributed by atoms with Crippen molar-refractivity contribution in [1.82, 2.24) is 10.1 Å². The Kier molecular flexibility index (Phi) is 3.33. The third kappa shape index (κ3) is 2.85. The molecule has 3 rings (SSSR count). The number of rotatable bonds is 4. The highest BCUT2D eigenvalue weighted by atomic mass is 16.5. The number of aromatic nitrogens is 2. The minimum Gasteiger partial charge on any atom is -0.484 e. The van der Waals surface area contributed by atoms with Crippen molar-refractivity contribution in [1.29, 1.82) is 0 Å². The van der Waals surface area contributed by atoms with Crippen molar-refractivity contribution in [2.75, 3.05) is 18.9 Å². The first-order valence-electron chi connectivity index (χ1n) is 6.20. The van der Waals surface area contributed by atoms with Crippen molar-refractivity contribution in [3.63, 3.8) is 0 Å². The average molecular weight is 261 g/mol. The Morgan fingerprint density at radius 2 is 2.37 bits per heavy atom. The van der Waals surface area contributed by atoms with Gasteiger partial charge in [0.1, 0.15) is 5.75 Å². The van der Waals surface area contributed by atoms with Crippen molar-refractivity contribution >= 4 is 5.69 Å².